The molecule has 1 heterocycles. The van der Waals surface area contributed by atoms with Crippen LogP contribution in [0.1, 0.15) is 29.5 Å². The van der Waals surface area contributed by atoms with Crippen LogP contribution in [0, 0.1) is 6.92 Å². The van der Waals surface area contributed by atoms with Crippen LogP contribution in [-0.4, -0.2) is 22.7 Å². The van der Waals surface area contributed by atoms with Crippen LogP contribution in [0.3, 0.4) is 0 Å². The maximum absolute atomic E-state index is 11.5. The zero-order chi connectivity index (χ0) is 21.5. The second-order valence-corrected chi connectivity index (χ2v) is 8.11. The summed E-state index contributed by atoms with van der Waals surface area (Å²) < 4.78 is 5.43. The van der Waals surface area contributed by atoms with E-state index in [0.717, 1.165) is 49.8 Å². The fraction of sp³-hybridized carbons (Fsp3) is 0.185. The molecule has 31 heavy (non-hydrogen) atoms. The monoisotopic (exact) mass is 409 g/mol. The van der Waals surface area contributed by atoms with Crippen molar-refractivity contribution in [3.63, 3.8) is 0 Å². The number of esters is 1. The van der Waals surface area contributed by atoms with Crippen LogP contribution < -0.4 is 0 Å². The second-order valence-electron chi connectivity index (χ2n) is 8.11. The van der Waals surface area contributed by atoms with E-state index in [1.165, 1.54) is 6.92 Å². The molecular weight excluding hydrogens is 386 g/mol. The third-order valence-corrected chi connectivity index (χ3v) is 6.16. The van der Waals surface area contributed by atoms with Crippen LogP contribution in [0.5, 0.6) is 5.75 Å². The van der Waals surface area contributed by atoms with Crippen molar-refractivity contribution in [1.82, 2.24) is 4.98 Å². The highest BCUT2D eigenvalue weighted by molar-refractivity contribution is 5.97. The van der Waals surface area contributed by atoms with Crippen molar-refractivity contribution >= 4 is 16.7 Å². The Hall–Kier alpha value is -3.66. The van der Waals surface area contributed by atoms with Gasteiger partial charge in [-0.15, -0.1) is 0 Å². The standard InChI is InChI=1S/C27H23NO3/c1-16-10-11-24(30)26-21-8-5-9-22(23(21)14-19(25(16)26)15-31-17(2)29)27-20-7-4-3-6-18(20)12-13-28-27/h3-13,19,30H,14-15H2,1-2H3. The Morgan fingerprint density at radius 2 is 1.87 bits per heavy atom. The lowest BCUT2D eigenvalue weighted by Crippen LogP contribution is -2.20. The van der Waals surface area contributed by atoms with E-state index < -0.39 is 0 Å². The Morgan fingerprint density at radius 3 is 2.71 bits per heavy atom. The minimum absolute atomic E-state index is 0.0328. The molecule has 0 bridgehead atoms. The lowest BCUT2D eigenvalue weighted by atomic mass is 9.74. The smallest absolute Gasteiger partial charge is 0.302 e. The van der Waals surface area contributed by atoms with E-state index in [4.69, 9.17) is 9.72 Å². The molecule has 3 aromatic carbocycles. The lowest BCUT2D eigenvalue weighted by Gasteiger charge is -2.31. The van der Waals surface area contributed by atoms with E-state index in [1.807, 2.05) is 43.5 Å². The molecular formula is C27H23NO3. The molecule has 0 saturated heterocycles. The van der Waals surface area contributed by atoms with Gasteiger partial charge < -0.3 is 9.84 Å². The van der Waals surface area contributed by atoms with Crippen molar-refractivity contribution in [2.45, 2.75) is 26.2 Å². The average Bonchev–Trinajstić information content (AvgIpc) is 2.78. The predicted molar refractivity (Wildman–Crippen MR) is 122 cm³/mol. The third kappa shape index (κ3) is 3.25. The normalized spacial score (nSPS) is 14.7. The molecule has 0 aliphatic heterocycles. The first-order valence-corrected chi connectivity index (χ1v) is 10.5. The number of phenolic OH excluding ortho intramolecular Hbond substituents is 1. The van der Waals surface area contributed by atoms with Gasteiger partial charge in [0.1, 0.15) is 5.75 Å². The number of carbonyl (C=O) groups excluding carboxylic acids is 1. The number of rotatable bonds is 3. The molecule has 0 radical (unpaired) electrons. The maximum atomic E-state index is 11.5. The molecule has 1 N–H and O–H groups in total. The van der Waals surface area contributed by atoms with Crippen molar-refractivity contribution in [2.75, 3.05) is 6.61 Å². The summed E-state index contributed by atoms with van der Waals surface area (Å²) in [7, 11) is 0. The number of aromatic nitrogens is 1. The number of carbonyl (C=O) groups is 1. The Kier molecular flexibility index (Phi) is 4.70. The van der Waals surface area contributed by atoms with Crippen LogP contribution in [0.2, 0.25) is 0 Å². The Bertz CT molecular complexity index is 1320. The number of aromatic hydroxyl groups is 1. The van der Waals surface area contributed by atoms with Gasteiger partial charge in [-0.05, 0) is 53.1 Å². The number of phenols is 1. The summed E-state index contributed by atoms with van der Waals surface area (Å²) in [6.07, 6.45) is 2.55. The highest BCUT2D eigenvalue weighted by atomic mass is 16.5. The van der Waals surface area contributed by atoms with Crippen LogP contribution >= 0.6 is 0 Å². The number of aryl methyl sites for hydroxylation is 1. The molecule has 1 unspecified atom stereocenters. The third-order valence-electron chi connectivity index (χ3n) is 6.16. The molecule has 4 aromatic rings. The Labute approximate surface area is 181 Å². The van der Waals surface area contributed by atoms with Gasteiger partial charge in [-0.25, -0.2) is 0 Å². The van der Waals surface area contributed by atoms with E-state index in [0.29, 0.717) is 6.42 Å². The van der Waals surface area contributed by atoms with Crippen LogP contribution in [0.4, 0.5) is 0 Å². The van der Waals surface area contributed by atoms with Crippen molar-refractivity contribution in [1.29, 1.82) is 0 Å². The summed E-state index contributed by atoms with van der Waals surface area (Å²) in [4.78, 5) is 16.3. The van der Waals surface area contributed by atoms with Crippen molar-refractivity contribution in [3.8, 4) is 28.1 Å². The van der Waals surface area contributed by atoms with Gasteiger partial charge in [-0.2, -0.15) is 0 Å². The molecule has 0 amide bonds. The molecule has 0 fully saturated rings. The van der Waals surface area contributed by atoms with Gasteiger partial charge in [0.05, 0.1) is 12.3 Å². The van der Waals surface area contributed by atoms with Gasteiger partial charge in [0.15, 0.2) is 0 Å². The molecule has 154 valence electrons. The summed E-state index contributed by atoms with van der Waals surface area (Å²) in [6, 6.07) is 20.1. The summed E-state index contributed by atoms with van der Waals surface area (Å²) >= 11 is 0. The number of ether oxygens (including phenoxy) is 1. The van der Waals surface area contributed by atoms with E-state index in [2.05, 4.69) is 24.3 Å². The summed E-state index contributed by atoms with van der Waals surface area (Å²) in [5.41, 5.74) is 7.09. The molecule has 4 heteroatoms. The number of hydrogen-bond acceptors (Lipinski definition) is 4. The van der Waals surface area contributed by atoms with Gasteiger partial charge in [0.2, 0.25) is 0 Å². The summed E-state index contributed by atoms with van der Waals surface area (Å²) in [6.45, 7) is 3.75. The van der Waals surface area contributed by atoms with Crippen LogP contribution in [-0.2, 0) is 16.0 Å². The fourth-order valence-corrected chi connectivity index (χ4v) is 4.83. The molecule has 1 aromatic heterocycles. The number of benzene rings is 3. The number of hydrogen-bond donors (Lipinski definition) is 1. The molecule has 1 atom stereocenters. The predicted octanol–water partition coefficient (Wildman–Crippen LogP) is 5.79. The van der Waals surface area contributed by atoms with Crippen molar-refractivity contribution < 1.29 is 14.6 Å². The number of nitrogens with zero attached hydrogens (tertiary/aromatic N) is 1. The van der Waals surface area contributed by atoms with E-state index in [9.17, 15) is 9.90 Å². The molecule has 5 rings (SSSR count). The largest absolute Gasteiger partial charge is 0.507 e. The van der Waals surface area contributed by atoms with Crippen molar-refractivity contribution in [2.24, 2.45) is 0 Å². The van der Waals surface area contributed by atoms with Crippen molar-refractivity contribution in [3.05, 3.63) is 83.6 Å². The first-order valence-electron chi connectivity index (χ1n) is 10.5. The molecule has 1 aliphatic rings. The maximum Gasteiger partial charge on any atom is 0.302 e. The Morgan fingerprint density at radius 1 is 1.06 bits per heavy atom. The molecule has 0 spiro atoms. The Balaban J connectivity index is 1.76. The first kappa shape index (κ1) is 19.3. The minimum Gasteiger partial charge on any atom is -0.507 e. The van der Waals surface area contributed by atoms with Crippen LogP contribution in [0.15, 0.2) is 66.9 Å². The summed E-state index contributed by atoms with van der Waals surface area (Å²) in [5, 5.41) is 13.1. The van der Waals surface area contributed by atoms with E-state index in [1.54, 1.807) is 6.07 Å². The summed E-state index contributed by atoms with van der Waals surface area (Å²) in [5.74, 6) is -0.0822. The topological polar surface area (TPSA) is 59.4 Å². The highest BCUT2D eigenvalue weighted by Gasteiger charge is 2.31. The lowest BCUT2D eigenvalue weighted by molar-refractivity contribution is -0.141. The van der Waals surface area contributed by atoms with Gasteiger partial charge in [-0.3, -0.25) is 9.78 Å². The van der Waals surface area contributed by atoms with Crippen LogP contribution in [0.25, 0.3) is 33.2 Å². The van der Waals surface area contributed by atoms with Gasteiger partial charge in [0, 0.05) is 35.6 Å². The average molecular weight is 409 g/mol. The van der Waals surface area contributed by atoms with E-state index in [-0.39, 0.29) is 24.2 Å². The quantitative estimate of drug-likeness (QED) is 0.435. The molecule has 1 aliphatic carbocycles. The van der Waals surface area contributed by atoms with Gasteiger partial charge in [-0.1, -0.05) is 48.5 Å². The SMILES string of the molecule is CC(=O)OCC1Cc2c(cccc2-c2nccc3ccccc23)-c2c(O)ccc(C)c21. The highest BCUT2D eigenvalue weighted by Crippen LogP contribution is 2.48. The van der Waals surface area contributed by atoms with Gasteiger partial charge >= 0.3 is 5.97 Å². The number of fused-ring (bicyclic) bond motifs is 4. The fourth-order valence-electron chi connectivity index (χ4n) is 4.83. The minimum atomic E-state index is -0.297. The first-order chi connectivity index (χ1) is 15.0. The molecule has 0 saturated carbocycles. The zero-order valence-corrected chi connectivity index (χ0v) is 17.6. The zero-order valence-electron chi connectivity index (χ0n) is 17.6. The van der Waals surface area contributed by atoms with Gasteiger partial charge in [0.25, 0.3) is 0 Å². The number of pyridine rings is 1. The second kappa shape index (κ2) is 7.55. The molecule has 4 nitrogen and oxygen atoms in total. The van der Waals surface area contributed by atoms with E-state index >= 15 is 0 Å².